The van der Waals surface area contributed by atoms with Crippen LogP contribution >= 0.6 is 0 Å². The Morgan fingerprint density at radius 1 is 1.20 bits per heavy atom. The minimum absolute atomic E-state index is 0.128. The fourth-order valence-corrected chi connectivity index (χ4v) is 4.20. The molecule has 3 amide bonds. The van der Waals surface area contributed by atoms with E-state index < -0.39 is 0 Å². The molecule has 0 spiro atoms. The summed E-state index contributed by atoms with van der Waals surface area (Å²) >= 11 is 0. The van der Waals surface area contributed by atoms with E-state index in [2.05, 4.69) is 16.4 Å². The minimum Gasteiger partial charge on any atom is -0.447 e. The SMILES string of the molecule is CC(=O)NC[C@@H]1OC(=O)N2c3ccc(-c4ccc(N5CCOC5=O)nc4)cc3CC12. The molecular formula is C21H20N4O5. The molecule has 2 atom stereocenters. The molecule has 0 aliphatic carbocycles. The summed E-state index contributed by atoms with van der Waals surface area (Å²) in [5, 5.41) is 2.73. The van der Waals surface area contributed by atoms with Crippen molar-refractivity contribution in [3.05, 3.63) is 42.1 Å². The molecule has 2 aromatic rings. The second-order valence-electron chi connectivity index (χ2n) is 7.52. The largest absolute Gasteiger partial charge is 0.447 e. The molecule has 3 aliphatic heterocycles. The quantitative estimate of drug-likeness (QED) is 0.831. The summed E-state index contributed by atoms with van der Waals surface area (Å²) in [5.41, 5.74) is 3.78. The van der Waals surface area contributed by atoms with E-state index in [1.165, 1.54) is 11.8 Å². The van der Waals surface area contributed by atoms with Crippen LogP contribution in [0.4, 0.5) is 21.1 Å². The summed E-state index contributed by atoms with van der Waals surface area (Å²) in [6.07, 6.45) is 1.24. The molecule has 0 radical (unpaired) electrons. The van der Waals surface area contributed by atoms with E-state index in [-0.39, 0.29) is 30.2 Å². The van der Waals surface area contributed by atoms with Crippen molar-refractivity contribution >= 4 is 29.6 Å². The van der Waals surface area contributed by atoms with Crippen LogP contribution in [-0.2, 0) is 20.7 Å². The highest BCUT2D eigenvalue weighted by Crippen LogP contribution is 2.40. The maximum Gasteiger partial charge on any atom is 0.415 e. The maximum atomic E-state index is 12.4. The molecule has 2 fully saturated rings. The second kappa shape index (κ2) is 7.01. The second-order valence-corrected chi connectivity index (χ2v) is 7.52. The van der Waals surface area contributed by atoms with Gasteiger partial charge in [0.05, 0.1) is 24.8 Å². The molecule has 154 valence electrons. The fourth-order valence-electron chi connectivity index (χ4n) is 4.20. The fraction of sp³-hybridized carbons (Fsp3) is 0.333. The number of hydrogen-bond donors (Lipinski definition) is 1. The number of carbonyl (C=O) groups is 3. The average Bonchev–Trinajstić information content (AvgIpc) is 3.41. The van der Waals surface area contributed by atoms with Gasteiger partial charge in [-0.1, -0.05) is 6.07 Å². The molecule has 0 bridgehead atoms. The Balaban J connectivity index is 1.37. The lowest BCUT2D eigenvalue weighted by atomic mass is 10.0. The minimum atomic E-state index is -0.384. The summed E-state index contributed by atoms with van der Waals surface area (Å²) in [6, 6.07) is 9.50. The van der Waals surface area contributed by atoms with Crippen LogP contribution in [0.5, 0.6) is 0 Å². The van der Waals surface area contributed by atoms with Crippen LogP contribution in [0.3, 0.4) is 0 Å². The number of ether oxygens (including phenoxy) is 2. The first-order chi connectivity index (χ1) is 14.5. The molecule has 3 aliphatic rings. The van der Waals surface area contributed by atoms with Gasteiger partial charge in [0.2, 0.25) is 5.91 Å². The lowest BCUT2D eigenvalue weighted by molar-refractivity contribution is -0.119. The molecule has 5 rings (SSSR count). The van der Waals surface area contributed by atoms with Crippen LogP contribution in [0, 0.1) is 0 Å². The van der Waals surface area contributed by atoms with E-state index >= 15 is 0 Å². The van der Waals surface area contributed by atoms with Crippen molar-refractivity contribution in [2.24, 2.45) is 0 Å². The Kier molecular flexibility index (Phi) is 4.30. The van der Waals surface area contributed by atoms with Crippen LogP contribution < -0.4 is 15.1 Å². The molecule has 1 unspecified atom stereocenters. The topological polar surface area (TPSA) is 101 Å². The van der Waals surface area contributed by atoms with Crippen LogP contribution in [0.15, 0.2) is 36.5 Å². The Morgan fingerprint density at radius 2 is 2.03 bits per heavy atom. The molecule has 0 saturated carbocycles. The number of fused-ring (bicyclic) bond motifs is 3. The van der Waals surface area contributed by atoms with Gasteiger partial charge in [0, 0.05) is 18.7 Å². The summed E-state index contributed by atoms with van der Waals surface area (Å²) in [5.74, 6) is 0.409. The zero-order valence-electron chi connectivity index (χ0n) is 16.3. The third kappa shape index (κ3) is 3.02. The molecular weight excluding hydrogens is 388 g/mol. The Bertz CT molecular complexity index is 1040. The van der Waals surface area contributed by atoms with E-state index in [0.29, 0.717) is 31.9 Å². The van der Waals surface area contributed by atoms with Gasteiger partial charge >= 0.3 is 12.2 Å². The van der Waals surface area contributed by atoms with Crippen molar-refractivity contribution in [3.8, 4) is 11.1 Å². The molecule has 1 aromatic heterocycles. The van der Waals surface area contributed by atoms with E-state index in [4.69, 9.17) is 9.47 Å². The van der Waals surface area contributed by atoms with Crippen molar-refractivity contribution in [1.82, 2.24) is 10.3 Å². The molecule has 1 N–H and O–H groups in total. The van der Waals surface area contributed by atoms with Crippen molar-refractivity contribution in [2.45, 2.75) is 25.5 Å². The number of nitrogens with zero attached hydrogens (tertiary/aromatic N) is 3. The van der Waals surface area contributed by atoms with Gasteiger partial charge in [-0.3, -0.25) is 14.6 Å². The Hall–Kier alpha value is -3.62. The van der Waals surface area contributed by atoms with Gasteiger partial charge < -0.3 is 14.8 Å². The molecule has 9 heteroatoms. The average molecular weight is 408 g/mol. The zero-order valence-corrected chi connectivity index (χ0v) is 16.3. The van der Waals surface area contributed by atoms with E-state index in [0.717, 1.165) is 22.4 Å². The van der Waals surface area contributed by atoms with Crippen LogP contribution in [0.1, 0.15) is 12.5 Å². The predicted molar refractivity (Wildman–Crippen MR) is 107 cm³/mol. The monoisotopic (exact) mass is 408 g/mol. The molecule has 2 saturated heterocycles. The van der Waals surface area contributed by atoms with Crippen molar-refractivity contribution in [3.63, 3.8) is 0 Å². The van der Waals surface area contributed by atoms with Crippen molar-refractivity contribution in [1.29, 1.82) is 0 Å². The number of anilines is 2. The number of aromatic nitrogens is 1. The van der Waals surface area contributed by atoms with Crippen molar-refractivity contribution < 1.29 is 23.9 Å². The molecule has 9 nitrogen and oxygen atoms in total. The summed E-state index contributed by atoms with van der Waals surface area (Å²) < 4.78 is 10.4. The molecule has 4 heterocycles. The first-order valence-corrected chi connectivity index (χ1v) is 9.79. The number of carbonyl (C=O) groups excluding carboxylic acids is 3. The number of nitrogens with one attached hydrogen (secondary N) is 1. The van der Waals surface area contributed by atoms with Gasteiger partial charge in [0.1, 0.15) is 18.5 Å². The standard InChI is InChI=1S/C21H20N4O5/c1-12(26)22-11-18-17-9-15-8-13(2-4-16(15)25(17)21(28)30-18)14-3-5-19(23-10-14)24-6-7-29-20(24)27/h2-5,8,10,17-18H,6-7,9,11H2,1H3,(H,22,26)/t17?,18-/m0/s1. The molecule has 1 aromatic carbocycles. The summed E-state index contributed by atoms with van der Waals surface area (Å²) in [7, 11) is 0. The highest BCUT2D eigenvalue weighted by Gasteiger charge is 2.47. The first kappa shape index (κ1) is 18.4. The van der Waals surface area contributed by atoms with Gasteiger partial charge in [0.15, 0.2) is 0 Å². The number of cyclic esters (lactones) is 2. The van der Waals surface area contributed by atoms with Crippen LogP contribution in [0.25, 0.3) is 11.1 Å². The number of benzene rings is 1. The predicted octanol–water partition coefficient (Wildman–Crippen LogP) is 2.09. The van der Waals surface area contributed by atoms with E-state index in [1.54, 1.807) is 17.2 Å². The van der Waals surface area contributed by atoms with Gasteiger partial charge in [-0.15, -0.1) is 0 Å². The third-order valence-corrected chi connectivity index (χ3v) is 5.65. The molecule has 30 heavy (non-hydrogen) atoms. The van der Waals surface area contributed by atoms with E-state index in [9.17, 15) is 14.4 Å². The van der Waals surface area contributed by atoms with Gasteiger partial charge in [-0.25, -0.2) is 14.6 Å². The smallest absolute Gasteiger partial charge is 0.415 e. The summed E-state index contributed by atoms with van der Waals surface area (Å²) in [6.45, 7) is 2.61. The van der Waals surface area contributed by atoms with Crippen LogP contribution in [-0.4, -0.2) is 54.9 Å². The van der Waals surface area contributed by atoms with Gasteiger partial charge in [-0.05, 0) is 41.8 Å². The first-order valence-electron chi connectivity index (χ1n) is 9.79. The lowest BCUT2D eigenvalue weighted by Crippen LogP contribution is -2.40. The summed E-state index contributed by atoms with van der Waals surface area (Å²) in [4.78, 5) is 42.8. The zero-order chi connectivity index (χ0) is 20.8. The number of rotatable bonds is 4. The normalized spacial score (nSPS) is 21.9. The Morgan fingerprint density at radius 3 is 2.73 bits per heavy atom. The lowest BCUT2D eigenvalue weighted by Gasteiger charge is -2.16. The highest BCUT2D eigenvalue weighted by molar-refractivity contribution is 5.94. The maximum absolute atomic E-state index is 12.4. The third-order valence-electron chi connectivity index (χ3n) is 5.65. The van der Waals surface area contributed by atoms with Gasteiger partial charge in [-0.2, -0.15) is 0 Å². The highest BCUT2D eigenvalue weighted by atomic mass is 16.6. The van der Waals surface area contributed by atoms with E-state index in [1.807, 2.05) is 18.2 Å². The van der Waals surface area contributed by atoms with Crippen molar-refractivity contribution in [2.75, 3.05) is 29.5 Å². The number of amides is 3. The number of pyridine rings is 1. The Labute approximate surface area is 172 Å². The number of hydrogen-bond acceptors (Lipinski definition) is 6. The van der Waals surface area contributed by atoms with Crippen LogP contribution in [0.2, 0.25) is 0 Å². The van der Waals surface area contributed by atoms with Gasteiger partial charge in [0.25, 0.3) is 0 Å².